The van der Waals surface area contributed by atoms with Crippen LogP contribution in [0.25, 0.3) is 11.0 Å². The van der Waals surface area contributed by atoms with E-state index in [1.807, 2.05) is 17.8 Å². The summed E-state index contributed by atoms with van der Waals surface area (Å²) < 4.78 is 20.0. The topological polar surface area (TPSA) is 55.3 Å². The summed E-state index contributed by atoms with van der Waals surface area (Å²) in [5, 5.41) is 6.11. The molecule has 0 spiro atoms. The van der Waals surface area contributed by atoms with Gasteiger partial charge in [-0.15, -0.1) is 23.1 Å². The van der Waals surface area contributed by atoms with Crippen molar-refractivity contribution in [3.05, 3.63) is 41.8 Å². The van der Waals surface area contributed by atoms with Crippen LogP contribution in [0.2, 0.25) is 0 Å². The quantitative estimate of drug-likeness (QED) is 0.324. The number of benzene rings is 1. The molecule has 4 nitrogen and oxygen atoms in total. The van der Waals surface area contributed by atoms with Crippen molar-refractivity contribution < 1.29 is 8.91 Å². The van der Waals surface area contributed by atoms with Crippen LogP contribution in [0, 0.1) is 5.82 Å². The molecule has 3 aromatic rings. The summed E-state index contributed by atoms with van der Waals surface area (Å²) >= 11 is 3.60. The minimum atomic E-state index is -0.273. The number of aromatic nitrogens is 1. The molecule has 1 aliphatic rings. The second kappa shape index (κ2) is 9.96. The van der Waals surface area contributed by atoms with E-state index in [0.717, 1.165) is 42.0 Å². The normalized spacial score (nSPS) is 16.0. The molecular formula is C22H28FN3OS2. The molecule has 1 aliphatic heterocycles. The smallest absolute Gasteiger partial charge is 0.170 e. The van der Waals surface area contributed by atoms with Crippen molar-refractivity contribution in [3.63, 3.8) is 0 Å². The Hall–Kier alpha value is -1.57. The summed E-state index contributed by atoms with van der Waals surface area (Å²) in [5.41, 5.74) is 7.33. The van der Waals surface area contributed by atoms with Gasteiger partial charge in [0.25, 0.3) is 0 Å². The molecule has 7 heteroatoms. The van der Waals surface area contributed by atoms with E-state index in [2.05, 4.69) is 16.1 Å². The Balaban J connectivity index is 1.11. The van der Waals surface area contributed by atoms with Gasteiger partial charge >= 0.3 is 0 Å². The van der Waals surface area contributed by atoms with Crippen molar-refractivity contribution in [2.75, 3.05) is 31.1 Å². The predicted molar refractivity (Wildman–Crippen MR) is 120 cm³/mol. The monoisotopic (exact) mass is 433 g/mol. The lowest BCUT2D eigenvalue weighted by molar-refractivity contribution is 0.205. The fraction of sp³-hybridized carbons (Fsp3) is 0.500. The molecule has 4 rings (SSSR count). The van der Waals surface area contributed by atoms with Crippen molar-refractivity contribution in [2.24, 2.45) is 0 Å². The molecule has 2 N–H and O–H groups in total. The van der Waals surface area contributed by atoms with Crippen LogP contribution in [-0.4, -0.2) is 35.4 Å². The van der Waals surface area contributed by atoms with Crippen molar-refractivity contribution in [1.82, 2.24) is 10.1 Å². The lowest BCUT2D eigenvalue weighted by atomic mass is 9.91. The van der Waals surface area contributed by atoms with Crippen LogP contribution in [0.5, 0.6) is 0 Å². The molecule has 0 bridgehead atoms. The number of nitrogens with two attached hydrogens (primary N) is 1. The summed E-state index contributed by atoms with van der Waals surface area (Å²) in [7, 11) is 0. The molecule has 29 heavy (non-hydrogen) atoms. The number of nitrogens with zero attached hydrogens (tertiary/aromatic N) is 2. The molecule has 0 unspecified atom stereocenters. The molecule has 0 saturated carbocycles. The first-order valence-corrected chi connectivity index (χ1v) is 12.2. The van der Waals surface area contributed by atoms with Crippen molar-refractivity contribution in [1.29, 1.82) is 0 Å². The molecule has 0 aliphatic carbocycles. The maximum Gasteiger partial charge on any atom is 0.170 e. The maximum absolute atomic E-state index is 13.3. The molecule has 3 heterocycles. The van der Waals surface area contributed by atoms with E-state index >= 15 is 0 Å². The Labute approximate surface area is 179 Å². The van der Waals surface area contributed by atoms with Crippen LogP contribution in [0.1, 0.15) is 50.1 Å². The van der Waals surface area contributed by atoms with Gasteiger partial charge in [-0.3, -0.25) is 0 Å². The van der Waals surface area contributed by atoms with Crippen LogP contribution >= 0.6 is 23.1 Å². The molecule has 2 aromatic heterocycles. The molecule has 1 aromatic carbocycles. The van der Waals surface area contributed by atoms with Crippen LogP contribution in [0.15, 0.2) is 39.1 Å². The largest absolute Gasteiger partial charge is 0.391 e. The molecule has 1 saturated heterocycles. The van der Waals surface area contributed by atoms with Crippen molar-refractivity contribution in [3.8, 4) is 0 Å². The number of halogens is 1. The third-order valence-electron chi connectivity index (χ3n) is 5.65. The van der Waals surface area contributed by atoms with E-state index in [-0.39, 0.29) is 5.82 Å². The second-order valence-corrected chi connectivity index (χ2v) is 10.3. The molecule has 156 valence electrons. The van der Waals surface area contributed by atoms with Gasteiger partial charge in [0.2, 0.25) is 0 Å². The van der Waals surface area contributed by atoms with Crippen molar-refractivity contribution in [2.45, 2.75) is 48.7 Å². The average Bonchev–Trinajstić information content (AvgIpc) is 3.33. The van der Waals surface area contributed by atoms with E-state index in [1.165, 1.54) is 54.3 Å². The van der Waals surface area contributed by atoms with Gasteiger partial charge < -0.3 is 15.2 Å². The number of thioether (sulfide) groups is 1. The molecule has 0 radical (unpaired) electrons. The van der Waals surface area contributed by atoms with Gasteiger partial charge in [-0.05, 0) is 75.3 Å². The second-order valence-electron chi connectivity index (χ2n) is 7.74. The number of hydrogen-bond donors (Lipinski definition) is 1. The van der Waals surface area contributed by atoms with E-state index < -0.39 is 0 Å². The van der Waals surface area contributed by atoms with Gasteiger partial charge in [0.15, 0.2) is 5.58 Å². The highest BCUT2D eigenvalue weighted by Gasteiger charge is 2.24. The number of hydrogen-bond acceptors (Lipinski definition) is 6. The SMILES string of the molecule is Nc1ccc(SCCCCCCN2CCC(c3noc4cc(F)ccc34)CC2)s1. The molecule has 0 amide bonds. The summed E-state index contributed by atoms with van der Waals surface area (Å²) in [6.45, 7) is 3.40. The highest BCUT2D eigenvalue weighted by molar-refractivity contribution is 8.01. The predicted octanol–water partition coefficient (Wildman–Crippen LogP) is 6.14. The fourth-order valence-electron chi connectivity index (χ4n) is 4.03. The number of likely N-dealkylation sites (tertiary alicyclic amines) is 1. The summed E-state index contributed by atoms with van der Waals surface area (Å²) in [5.74, 6) is 1.33. The minimum absolute atomic E-state index is 0.273. The van der Waals surface area contributed by atoms with Crippen molar-refractivity contribution >= 4 is 39.1 Å². The van der Waals surface area contributed by atoms with Gasteiger partial charge in [-0.1, -0.05) is 18.0 Å². The highest BCUT2D eigenvalue weighted by Crippen LogP contribution is 2.33. The number of piperidine rings is 1. The number of thiophene rings is 1. The van der Waals surface area contributed by atoms with E-state index in [0.29, 0.717) is 11.5 Å². The summed E-state index contributed by atoms with van der Waals surface area (Å²) in [6, 6.07) is 8.83. The van der Waals surface area contributed by atoms with Crippen LogP contribution < -0.4 is 5.73 Å². The third-order valence-corrected chi connectivity index (χ3v) is 7.88. The Bertz CT molecular complexity index is 918. The number of rotatable bonds is 9. The van der Waals surface area contributed by atoms with Crippen LogP contribution in [0.3, 0.4) is 0 Å². The van der Waals surface area contributed by atoms with E-state index in [9.17, 15) is 4.39 Å². The average molecular weight is 434 g/mol. The summed E-state index contributed by atoms with van der Waals surface area (Å²) in [4.78, 5) is 2.57. The first-order valence-electron chi connectivity index (χ1n) is 10.4. The zero-order chi connectivity index (χ0) is 20.1. The zero-order valence-electron chi connectivity index (χ0n) is 16.6. The number of nitrogen functional groups attached to an aromatic ring is 1. The highest BCUT2D eigenvalue weighted by atomic mass is 32.2. The number of anilines is 1. The Morgan fingerprint density at radius 3 is 2.76 bits per heavy atom. The van der Waals surface area contributed by atoms with Gasteiger partial charge in [-0.2, -0.15) is 0 Å². The number of fused-ring (bicyclic) bond motifs is 1. The maximum atomic E-state index is 13.3. The number of unbranched alkanes of at least 4 members (excludes halogenated alkanes) is 3. The van der Waals surface area contributed by atoms with Gasteiger partial charge in [-0.25, -0.2) is 4.39 Å². The Morgan fingerprint density at radius 1 is 1.14 bits per heavy atom. The molecule has 1 fully saturated rings. The third kappa shape index (κ3) is 5.53. The lowest BCUT2D eigenvalue weighted by Gasteiger charge is -2.31. The van der Waals surface area contributed by atoms with E-state index in [1.54, 1.807) is 17.4 Å². The molecule has 0 atom stereocenters. The Morgan fingerprint density at radius 2 is 1.97 bits per heavy atom. The standard InChI is InChI=1S/C22H28FN3OS2/c23-17-5-6-18-19(15-17)27-25-22(18)16-9-12-26(13-10-16)11-3-1-2-4-14-28-21-8-7-20(24)29-21/h5-8,15-16H,1-4,9-14,24H2. The van der Waals surface area contributed by atoms with Gasteiger partial charge in [0.05, 0.1) is 14.9 Å². The fourth-order valence-corrected chi connectivity index (χ4v) is 6.02. The summed E-state index contributed by atoms with van der Waals surface area (Å²) in [6.07, 6.45) is 7.33. The van der Waals surface area contributed by atoms with E-state index in [4.69, 9.17) is 10.3 Å². The van der Waals surface area contributed by atoms with Crippen LogP contribution in [-0.2, 0) is 0 Å². The Kier molecular flexibility index (Phi) is 7.11. The van der Waals surface area contributed by atoms with Gasteiger partial charge in [0, 0.05) is 17.4 Å². The van der Waals surface area contributed by atoms with Crippen LogP contribution in [0.4, 0.5) is 9.39 Å². The zero-order valence-corrected chi connectivity index (χ0v) is 18.2. The minimum Gasteiger partial charge on any atom is -0.391 e. The first-order chi connectivity index (χ1) is 14.2. The first kappa shape index (κ1) is 20.7. The van der Waals surface area contributed by atoms with Gasteiger partial charge in [0.1, 0.15) is 5.82 Å². The lowest BCUT2D eigenvalue weighted by Crippen LogP contribution is -2.33. The molecular weight excluding hydrogens is 405 g/mol.